The number of carbonyl (C=O) groups excluding carboxylic acids is 1. The van der Waals surface area contributed by atoms with Crippen molar-refractivity contribution in [3.05, 3.63) is 95.2 Å². The maximum Gasteiger partial charge on any atom is 0.251 e. The monoisotopic (exact) mass is 514 g/mol. The first-order chi connectivity index (χ1) is 19.0. The van der Waals surface area contributed by atoms with Crippen LogP contribution < -0.4 is 5.32 Å². The van der Waals surface area contributed by atoms with Gasteiger partial charge >= 0.3 is 0 Å². The van der Waals surface area contributed by atoms with E-state index in [4.69, 9.17) is 4.42 Å². The zero-order chi connectivity index (χ0) is 26.9. The minimum Gasteiger partial charge on any atom is -0.436 e. The van der Waals surface area contributed by atoms with Crippen LogP contribution in [-0.4, -0.2) is 22.4 Å². The van der Waals surface area contributed by atoms with Gasteiger partial charge in [-0.2, -0.15) is 5.26 Å². The topological polar surface area (TPSA) is 94.7 Å². The van der Waals surface area contributed by atoms with Crippen LogP contribution >= 0.6 is 0 Å². The molecule has 2 N–H and O–H groups in total. The van der Waals surface area contributed by atoms with Crippen LogP contribution in [0.3, 0.4) is 0 Å². The first kappa shape index (κ1) is 24.7. The number of hydrogen-bond acceptors (Lipinski definition) is 4. The maximum atomic E-state index is 12.9. The van der Waals surface area contributed by atoms with Crippen molar-refractivity contribution < 1.29 is 9.21 Å². The fraction of sp³-hybridized carbons (Fsp3) is 0.242. The molecule has 0 radical (unpaired) electrons. The fourth-order valence-corrected chi connectivity index (χ4v) is 5.36. The van der Waals surface area contributed by atoms with Gasteiger partial charge in [-0.3, -0.25) is 4.79 Å². The van der Waals surface area contributed by atoms with E-state index in [1.165, 1.54) is 22.0 Å². The number of nitrogens with one attached hydrogen (secondary N) is 2. The molecule has 1 unspecified atom stereocenters. The summed E-state index contributed by atoms with van der Waals surface area (Å²) < 4.78 is 6.10. The number of aromatic nitrogens is 2. The van der Waals surface area contributed by atoms with Crippen LogP contribution in [0, 0.1) is 17.2 Å². The molecule has 39 heavy (non-hydrogen) atoms. The number of oxazole rings is 1. The summed E-state index contributed by atoms with van der Waals surface area (Å²) >= 11 is 0. The lowest BCUT2D eigenvalue weighted by Gasteiger charge is -2.22. The minimum atomic E-state index is -0.0770. The molecule has 0 spiro atoms. The molecule has 2 aromatic heterocycles. The summed E-state index contributed by atoms with van der Waals surface area (Å²) in [5, 5.41) is 13.7. The molecule has 1 aliphatic carbocycles. The van der Waals surface area contributed by atoms with E-state index >= 15 is 0 Å². The van der Waals surface area contributed by atoms with E-state index in [0.717, 1.165) is 30.4 Å². The van der Waals surface area contributed by atoms with Crippen molar-refractivity contribution in [2.75, 3.05) is 6.54 Å². The van der Waals surface area contributed by atoms with Gasteiger partial charge in [-0.25, -0.2) is 4.98 Å². The minimum absolute atomic E-state index is 0.0770. The van der Waals surface area contributed by atoms with Gasteiger partial charge in [-0.05, 0) is 96.2 Å². The van der Waals surface area contributed by atoms with Crippen molar-refractivity contribution in [1.29, 1.82) is 5.26 Å². The van der Waals surface area contributed by atoms with Crippen LogP contribution in [0.4, 0.5) is 0 Å². The van der Waals surface area contributed by atoms with Gasteiger partial charge in [0.25, 0.3) is 5.91 Å². The zero-order valence-corrected chi connectivity index (χ0v) is 22.1. The average Bonchev–Trinajstić information content (AvgIpc) is 3.62. The summed E-state index contributed by atoms with van der Waals surface area (Å²) in [4.78, 5) is 20.8. The van der Waals surface area contributed by atoms with Crippen molar-refractivity contribution in [3.63, 3.8) is 0 Å². The lowest BCUT2D eigenvalue weighted by Crippen LogP contribution is -2.29. The van der Waals surface area contributed by atoms with Crippen molar-refractivity contribution in [2.45, 2.75) is 39.0 Å². The highest BCUT2D eigenvalue weighted by Gasteiger charge is 2.18. The number of amides is 1. The highest BCUT2D eigenvalue weighted by atomic mass is 16.3. The predicted molar refractivity (Wildman–Crippen MR) is 154 cm³/mol. The van der Waals surface area contributed by atoms with Crippen molar-refractivity contribution in [1.82, 2.24) is 15.3 Å². The standard InChI is InChI=1S/C33H30N4O2/c1-20(2)28-15-22(18-34)16-30-31(28)39-33(37-30)26-10-8-25(9-11-26)32(38)36-19-21-3-5-23(6-4-21)27-12-7-24-13-14-35-29(24)17-27/h5,7-17,20-21,35H,3-4,6,19H2,1-2H3,(H,36,38). The second-order valence-electron chi connectivity index (χ2n) is 10.6. The summed E-state index contributed by atoms with van der Waals surface area (Å²) in [6.45, 7) is 4.79. The third-order valence-electron chi connectivity index (χ3n) is 7.66. The number of carbonyl (C=O) groups is 1. The molecule has 2 heterocycles. The van der Waals surface area contributed by atoms with Crippen molar-refractivity contribution in [2.24, 2.45) is 5.92 Å². The third-order valence-corrected chi connectivity index (χ3v) is 7.66. The van der Waals surface area contributed by atoms with E-state index < -0.39 is 0 Å². The predicted octanol–water partition coefficient (Wildman–Crippen LogP) is 7.58. The molecule has 5 aromatic rings. The average molecular weight is 515 g/mol. The smallest absolute Gasteiger partial charge is 0.251 e. The molecule has 0 bridgehead atoms. The van der Waals surface area contributed by atoms with Crippen LogP contribution in [0.5, 0.6) is 0 Å². The van der Waals surface area contributed by atoms with Gasteiger partial charge < -0.3 is 14.7 Å². The number of benzene rings is 3. The van der Waals surface area contributed by atoms with E-state index in [-0.39, 0.29) is 11.8 Å². The number of fused-ring (bicyclic) bond motifs is 2. The molecular weight excluding hydrogens is 484 g/mol. The Morgan fingerprint density at radius 3 is 2.69 bits per heavy atom. The summed E-state index contributed by atoms with van der Waals surface area (Å²) in [5.41, 5.74) is 8.13. The molecule has 194 valence electrons. The Labute approximate surface area is 227 Å². The lowest BCUT2D eigenvalue weighted by atomic mass is 9.86. The molecule has 6 rings (SSSR count). The highest BCUT2D eigenvalue weighted by Crippen LogP contribution is 2.33. The van der Waals surface area contributed by atoms with E-state index in [1.54, 1.807) is 18.2 Å². The van der Waals surface area contributed by atoms with E-state index in [2.05, 4.69) is 65.5 Å². The maximum absolute atomic E-state index is 12.9. The van der Waals surface area contributed by atoms with Gasteiger partial charge in [0.1, 0.15) is 5.52 Å². The number of hydrogen-bond donors (Lipinski definition) is 2. The molecule has 6 heteroatoms. The van der Waals surface area contributed by atoms with Gasteiger partial charge in [0.05, 0.1) is 11.6 Å². The van der Waals surface area contributed by atoms with Gasteiger partial charge in [0.2, 0.25) is 5.89 Å². The summed E-state index contributed by atoms with van der Waals surface area (Å²) in [6.07, 6.45) is 7.32. The van der Waals surface area contributed by atoms with E-state index in [9.17, 15) is 10.1 Å². The number of H-pyrrole nitrogens is 1. The number of rotatable bonds is 6. The quantitative estimate of drug-likeness (QED) is 0.244. The van der Waals surface area contributed by atoms with Gasteiger partial charge in [0, 0.05) is 34.9 Å². The van der Waals surface area contributed by atoms with Gasteiger partial charge in [-0.1, -0.05) is 32.1 Å². The molecule has 0 saturated heterocycles. The van der Waals surface area contributed by atoms with Crippen LogP contribution in [0.15, 0.2) is 77.4 Å². The Bertz CT molecular complexity index is 1750. The molecule has 1 amide bonds. The number of nitrogens with zero attached hydrogens (tertiary/aromatic N) is 2. The normalized spacial score (nSPS) is 15.4. The van der Waals surface area contributed by atoms with Crippen LogP contribution in [0.25, 0.3) is 39.0 Å². The number of nitriles is 1. The lowest BCUT2D eigenvalue weighted by molar-refractivity contribution is 0.0946. The number of allylic oxidation sites excluding steroid dienone is 2. The molecule has 6 nitrogen and oxygen atoms in total. The Morgan fingerprint density at radius 2 is 1.95 bits per heavy atom. The van der Waals surface area contributed by atoms with Crippen LogP contribution in [0.2, 0.25) is 0 Å². The molecule has 1 atom stereocenters. The van der Waals surface area contributed by atoms with Crippen LogP contribution in [0.1, 0.15) is 66.1 Å². The Kier molecular flexibility index (Phi) is 6.50. The van der Waals surface area contributed by atoms with E-state index in [1.807, 2.05) is 24.4 Å². The van der Waals surface area contributed by atoms with E-state index in [0.29, 0.717) is 40.6 Å². The second kappa shape index (κ2) is 10.3. The first-order valence-corrected chi connectivity index (χ1v) is 13.5. The largest absolute Gasteiger partial charge is 0.436 e. The molecular formula is C33H30N4O2. The molecule has 3 aromatic carbocycles. The van der Waals surface area contributed by atoms with Crippen molar-refractivity contribution in [3.8, 4) is 17.5 Å². The summed E-state index contributed by atoms with van der Waals surface area (Å²) in [5.74, 6) is 1.04. The van der Waals surface area contributed by atoms with Crippen molar-refractivity contribution >= 4 is 33.5 Å². The Morgan fingerprint density at radius 1 is 1.13 bits per heavy atom. The molecule has 0 saturated carbocycles. The van der Waals surface area contributed by atoms with Gasteiger partial charge in [-0.15, -0.1) is 0 Å². The molecule has 1 aliphatic rings. The SMILES string of the molecule is CC(C)c1cc(C#N)cc2nc(-c3ccc(C(=O)NCC4CC=C(c5ccc6cc[nH]c6c5)CC4)cc3)oc12. The number of aromatic amines is 1. The Hall–Kier alpha value is -4.63. The first-order valence-electron chi connectivity index (χ1n) is 13.5. The zero-order valence-electron chi connectivity index (χ0n) is 22.1. The fourth-order valence-electron chi connectivity index (χ4n) is 5.36. The van der Waals surface area contributed by atoms with Gasteiger partial charge in [0.15, 0.2) is 5.58 Å². The summed E-state index contributed by atoms with van der Waals surface area (Å²) in [6, 6.07) is 21.8. The van der Waals surface area contributed by atoms with Crippen LogP contribution in [-0.2, 0) is 0 Å². The Balaban J connectivity index is 1.09. The molecule has 0 aliphatic heterocycles. The third kappa shape index (κ3) is 4.96. The summed E-state index contributed by atoms with van der Waals surface area (Å²) in [7, 11) is 0. The second-order valence-corrected chi connectivity index (χ2v) is 10.6. The highest BCUT2D eigenvalue weighted by molar-refractivity contribution is 5.94. The molecule has 0 fully saturated rings.